The summed E-state index contributed by atoms with van der Waals surface area (Å²) in [7, 11) is 1.43. The Morgan fingerprint density at radius 2 is 2.05 bits per heavy atom. The maximum atomic E-state index is 13.8. The number of imidazole rings is 1. The standard InChI is InChI=1S/C15H13BrFN3O/c1-8-3-4-9(5-10(8)16)20-13-7-14(21-2)11(17)6-12(13)19-15(20)18/h3-7H,1-2H3,(H2,18,19). The molecule has 0 unspecified atom stereocenters. The van der Waals surface area contributed by atoms with Crippen LogP contribution in [0.4, 0.5) is 10.3 Å². The Bertz CT molecular complexity index is 845. The van der Waals surface area contributed by atoms with Gasteiger partial charge in [-0.05, 0) is 24.6 Å². The first-order chi connectivity index (χ1) is 10.0. The fourth-order valence-corrected chi connectivity index (χ4v) is 2.61. The Balaban J connectivity index is 2.30. The topological polar surface area (TPSA) is 53.1 Å². The summed E-state index contributed by atoms with van der Waals surface area (Å²) in [5, 5.41) is 0. The summed E-state index contributed by atoms with van der Waals surface area (Å²) in [6.07, 6.45) is 0. The number of aryl methyl sites for hydroxylation is 1. The lowest BCUT2D eigenvalue weighted by Crippen LogP contribution is -2.01. The van der Waals surface area contributed by atoms with Crippen LogP contribution in [0.1, 0.15) is 5.56 Å². The molecular weight excluding hydrogens is 337 g/mol. The average molecular weight is 350 g/mol. The van der Waals surface area contributed by atoms with E-state index in [4.69, 9.17) is 10.5 Å². The molecule has 0 radical (unpaired) electrons. The zero-order valence-electron chi connectivity index (χ0n) is 11.5. The molecule has 3 aromatic rings. The predicted molar refractivity (Wildman–Crippen MR) is 84.4 cm³/mol. The van der Waals surface area contributed by atoms with Gasteiger partial charge in [0.05, 0.1) is 23.8 Å². The van der Waals surface area contributed by atoms with Gasteiger partial charge in [-0.2, -0.15) is 0 Å². The molecule has 1 heterocycles. The van der Waals surface area contributed by atoms with Crippen molar-refractivity contribution in [3.05, 3.63) is 46.2 Å². The number of halogens is 2. The monoisotopic (exact) mass is 349 g/mol. The number of rotatable bonds is 2. The normalized spacial score (nSPS) is 11.0. The third-order valence-corrected chi connectivity index (χ3v) is 4.22. The fourth-order valence-electron chi connectivity index (χ4n) is 2.25. The second kappa shape index (κ2) is 5.04. The summed E-state index contributed by atoms with van der Waals surface area (Å²) >= 11 is 3.50. The van der Waals surface area contributed by atoms with Gasteiger partial charge in [0.1, 0.15) is 0 Å². The van der Waals surface area contributed by atoms with Gasteiger partial charge in [-0.3, -0.25) is 4.57 Å². The molecule has 108 valence electrons. The summed E-state index contributed by atoms with van der Waals surface area (Å²) in [6, 6.07) is 8.79. The Morgan fingerprint density at radius 1 is 1.29 bits per heavy atom. The van der Waals surface area contributed by atoms with E-state index in [1.54, 1.807) is 10.6 Å². The number of nitrogens with zero attached hydrogens (tertiary/aromatic N) is 2. The predicted octanol–water partition coefficient (Wildman–Crippen LogP) is 3.83. The van der Waals surface area contributed by atoms with Crippen molar-refractivity contribution in [2.24, 2.45) is 0 Å². The summed E-state index contributed by atoms with van der Waals surface area (Å²) in [5.74, 6) is 0.00275. The van der Waals surface area contributed by atoms with Gasteiger partial charge in [0, 0.05) is 16.6 Å². The number of nitrogen functional groups attached to an aromatic ring is 1. The van der Waals surface area contributed by atoms with Gasteiger partial charge in [-0.25, -0.2) is 9.37 Å². The Kier molecular flexibility index (Phi) is 3.33. The molecule has 0 atom stereocenters. The van der Waals surface area contributed by atoms with Gasteiger partial charge in [0.2, 0.25) is 5.95 Å². The average Bonchev–Trinajstić information content (AvgIpc) is 2.76. The van der Waals surface area contributed by atoms with Crippen molar-refractivity contribution in [2.75, 3.05) is 12.8 Å². The zero-order valence-corrected chi connectivity index (χ0v) is 13.1. The summed E-state index contributed by atoms with van der Waals surface area (Å²) in [4.78, 5) is 4.21. The van der Waals surface area contributed by atoms with E-state index in [0.717, 1.165) is 15.7 Å². The number of nitrogens with two attached hydrogens (primary N) is 1. The number of methoxy groups -OCH3 is 1. The van der Waals surface area contributed by atoms with Crippen LogP contribution in [0.5, 0.6) is 5.75 Å². The lowest BCUT2D eigenvalue weighted by atomic mass is 10.2. The van der Waals surface area contributed by atoms with Gasteiger partial charge in [-0.1, -0.05) is 22.0 Å². The highest BCUT2D eigenvalue weighted by molar-refractivity contribution is 9.10. The molecule has 6 heteroatoms. The highest BCUT2D eigenvalue weighted by Gasteiger charge is 2.14. The minimum absolute atomic E-state index is 0.162. The van der Waals surface area contributed by atoms with Crippen molar-refractivity contribution >= 4 is 32.9 Å². The second-order valence-electron chi connectivity index (χ2n) is 4.71. The lowest BCUT2D eigenvalue weighted by Gasteiger charge is -2.09. The third kappa shape index (κ3) is 2.25. The number of hydrogen-bond donors (Lipinski definition) is 1. The van der Waals surface area contributed by atoms with E-state index >= 15 is 0 Å². The van der Waals surface area contributed by atoms with E-state index in [9.17, 15) is 4.39 Å². The zero-order chi connectivity index (χ0) is 15.1. The molecule has 0 spiro atoms. The number of hydrogen-bond acceptors (Lipinski definition) is 3. The molecule has 21 heavy (non-hydrogen) atoms. The molecule has 2 aromatic carbocycles. The first kappa shape index (κ1) is 13.9. The maximum Gasteiger partial charge on any atom is 0.205 e. The summed E-state index contributed by atoms with van der Waals surface area (Å²) < 4.78 is 21.5. The van der Waals surface area contributed by atoms with Gasteiger partial charge < -0.3 is 10.5 Å². The largest absolute Gasteiger partial charge is 0.494 e. The molecule has 3 rings (SSSR count). The van der Waals surface area contributed by atoms with Crippen molar-refractivity contribution in [1.82, 2.24) is 9.55 Å². The van der Waals surface area contributed by atoms with E-state index in [2.05, 4.69) is 20.9 Å². The first-order valence-electron chi connectivity index (χ1n) is 6.29. The molecule has 2 N–H and O–H groups in total. The highest BCUT2D eigenvalue weighted by Crippen LogP contribution is 2.30. The minimum Gasteiger partial charge on any atom is -0.494 e. The molecule has 0 bridgehead atoms. The van der Waals surface area contributed by atoms with Crippen molar-refractivity contribution in [3.63, 3.8) is 0 Å². The van der Waals surface area contributed by atoms with Gasteiger partial charge in [0.25, 0.3) is 0 Å². The maximum absolute atomic E-state index is 13.8. The number of aromatic nitrogens is 2. The van der Waals surface area contributed by atoms with E-state index in [1.807, 2.05) is 25.1 Å². The quantitative estimate of drug-likeness (QED) is 0.764. The molecular formula is C15H13BrFN3O. The van der Waals surface area contributed by atoms with Crippen LogP contribution in [0.25, 0.3) is 16.7 Å². The highest BCUT2D eigenvalue weighted by atomic mass is 79.9. The van der Waals surface area contributed by atoms with Crippen molar-refractivity contribution in [1.29, 1.82) is 0 Å². The fraction of sp³-hybridized carbons (Fsp3) is 0.133. The van der Waals surface area contributed by atoms with Crippen molar-refractivity contribution in [3.8, 4) is 11.4 Å². The Morgan fingerprint density at radius 3 is 2.71 bits per heavy atom. The molecule has 0 fully saturated rings. The Hall–Kier alpha value is -2.08. The Labute approximate surface area is 129 Å². The van der Waals surface area contributed by atoms with Crippen LogP contribution in [-0.2, 0) is 0 Å². The van der Waals surface area contributed by atoms with Crippen LogP contribution in [-0.4, -0.2) is 16.7 Å². The van der Waals surface area contributed by atoms with Crippen LogP contribution in [0.3, 0.4) is 0 Å². The molecule has 0 aliphatic heterocycles. The van der Waals surface area contributed by atoms with E-state index in [0.29, 0.717) is 17.0 Å². The first-order valence-corrected chi connectivity index (χ1v) is 7.08. The van der Waals surface area contributed by atoms with Crippen LogP contribution in [0, 0.1) is 12.7 Å². The summed E-state index contributed by atoms with van der Waals surface area (Å²) in [6.45, 7) is 2.00. The van der Waals surface area contributed by atoms with Crippen molar-refractivity contribution < 1.29 is 9.13 Å². The van der Waals surface area contributed by atoms with E-state index in [-0.39, 0.29) is 5.75 Å². The molecule has 0 amide bonds. The third-order valence-electron chi connectivity index (χ3n) is 3.37. The van der Waals surface area contributed by atoms with Crippen LogP contribution < -0.4 is 10.5 Å². The molecule has 0 aliphatic carbocycles. The molecule has 4 nitrogen and oxygen atoms in total. The van der Waals surface area contributed by atoms with Gasteiger partial charge in [-0.15, -0.1) is 0 Å². The molecule has 0 aliphatic rings. The van der Waals surface area contributed by atoms with Crippen LogP contribution >= 0.6 is 15.9 Å². The van der Waals surface area contributed by atoms with Gasteiger partial charge >= 0.3 is 0 Å². The second-order valence-corrected chi connectivity index (χ2v) is 5.57. The lowest BCUT2D eigenvalue weighted by molar-refractivity contribution is 0.387. The molecule has 0 saturated heterocycles. The number of anilines is 1. The van der Waals surface area contributed by atoms with E-state index in [1.165, 1.54) is 13.2 Å². The SMILES string of the molecule is COc1cc2c(cc1F)nc(N)n2-c1ccc(C)c(Br)c1. The van der Waals surface area contributed by atoms with Crippen LogP contribution in [0.15, 0.2) is 34.8 Å². The number of benzene rings is 2. The summed E-state index contributed by atoms with van der Waals surface area (Å²) in [5.41, 5.74) is 9.14. The molecule has 1 aromatic heterocycles. The number of ether oxygens (including phenoxy) is 1. The van der Waals surface area contributed by atoms with Gasteiger partial charge in [0.15, 0.2) is 11.6 Å². The van der Waals surface area contributed by atoms with E-state index < -0.39 is 5.82 Å². The minimum atomic E-state index is -0.459. The van der Waals surface area contributed by atoms with Crippen LogP contribution in [0.2, 0.25) is 0 Å². The number of fused-ring (bicyclic) bond motifs is 1. The molecule has 0 saturated carbocycles. The smallest absolute Gasteiger partial charge is 0.205 e. The van der Waals surface area contributed by atoms with Crippen molar-refractivity contribution in [2.45, 2.75) is 6.92 Å².